The van der Waals surface area contributed by atoms with Crippen LogP contribution in [0.3, 0.4) is 0 Å². The maximum Gasteiger partial charge on any atom is 0.328 e. The Kier molecular flexibility index (Phi) is 2.68. The quantitative estimate of drug-likeness (QED) is 0.741. The summed E-state index contributed by atoms with van der Waals surface area (Å²) in [5, 5.41) is 10.7. The van der Waals surface area contributed by atoms with Gasteiger partial charge in [-0.15, -0.1) is 11.3 Å². The van der Waals surface area contributed by atoms with E-state index in [1.807, 2.05) is 27.5 Å². The molecule has 0 aliphatic carbocycles. The number of hydrogen-bond donors (Lipinski definition) is 1. The van der Waals surface area contributed by atoms with E-state index >= 15 is 0 Å². The van der Waals surface area contributed by atoms with Crippen LogP contribution in [0.2, 0.25) is 0 Å². The Bertz CT molecular complexity index is 781. The van der Waals surface area contributed by atoms with Crippen molar-refractivity contribution in [2.75, 3.05) is 0 Å². The zero-order valence-electron chi connectivity index (χ0n) is 10.0. The van der Waals surface area contributed by atoms with E-state index in [-0.39, 0.29) is 0 Å². The maximum atomic E-state index is 10.7. The zero-order chi connectivity index (χ0) is 13.4. The van der Waals surface area contributed by atoms with Gasteiger partial charge in [-0.3, -0.25) is 8.97 Å². The smallest absolute Gasteiger partial charge is 0.328 e. The van der Waals surface area contributed by atoms with Gasteiger partial charge in [-0.1, -0.05) is 0 Å². The Labute approximate surface area is 112 Å². The van der Waals surface area contributed by atoms with E-state index in [1.165, 1.54) is 11.3 Å². The lowest BCUT2D eigenvalue weighted by Crippen LogP contribution is -1.99. The van der Waals surface area contributed by atoms with Gasteiger partial charge in [0.1, 0.15) is 5.82 Å². The number of fused-ring (bicyclic) bond motifs is 1. The van der Waals surface area contributed by atoms with Gasteiger partial charge in [0.15, 0.2) is 10.8 Å². The molecule has 0 aromatic carbocycles. The Morgan fingerprint density at radius 2 is 2.32 bits per heavy atom. The fourth-order valence-corrected chi connectivity index (χ4v) is 2.59. The van der Waals surface area contributed by atoms with Crippen LogP contribution in [-0.4, -0.2) is 30.0 Å². The summed E-state index contributed by atoms with van der Waals surface area (Å²) in [6.45, 7) is 1.87. The van der Waals surface area contributed by atoms with Crippen LogP contribution in [0.1, 0.15) is 11.5 Å². The minimum Gasteiger partial charge on any atom is -0.478 e. The van der Waals surface area contributed by atoms with Crippen LogP contribution in [0.15, 0.2) is 30.0 Å². The monoisotopic (exact) mass is 274 g/mol. The number of imidazole rings is 2. The van der Waals surface area contributed by atoms with Gasteiger partial charge < -0.3 is 5.11 Å². The van der Waals surface area contributed by atoms with E-state index in [1.54, 1.807) is 18.5 Å². The Morgan fingerprint density at radius 3 is 3.00 bits per heavy atom. The van der Waals surface area contributed by atoms with E-state index in [4.69, 9.17) is 5.11 Å². The fourth-order valence-electron chi connectivity index (χ4n) is 1.88. The first kappa shape index (κ1) is 11.7. The molecule has 6 nitrogen and oxygen atoms in total. The summed E-state index contributed by atoms with van der Waals surface area (Å²) in [6, 6.07) is 0. The number of carbonyl (C=O) groups is 1. The highest BCUT2D eigenvalue weighted by Crippen LogP contribution is 2.22. The lowest BCUT2D eigenvalue weighted by molar-refractivity contribution is -0.131. The number of carboxylic acids is 1. The summed E-state index contributed by atoms with van der Waals surface area (Å²) < 4.78 is 3.69. The third kappa shape index (κ3) is 1.93. The summed E-state index contributed by atoms with van der Waals surface area (Å²) in [6.07, 6.45) is 8.01. The van der Waals surface area contributed by atoms with Crippen molar-refractivity contribution >= 4 is 28.3 Å². The number of aromatic nitrogens is 4. The van der Waals surface area contributed by atoms with Gasteiger partial charge >= 0.3 is 5.97 Å². The molecule has 0 unspecified atom stereocenters. The highest BCUT2D eigenvalue weighted by Gasteiger charge is 2.14. The Balaban J connectivity index is 2.24. The van der Waals surface area contributed by atoms with Crippen molar-refractivity contribution in [1.82, 2.24) is 18.9 Å². The summed E-state index contributed by atoms with van der Waals surface area (Å²) in [4.78, 5) is 20.2. The van der Waals surface area contributed by atoms with Crippen LogP contribution in [-0.2, 0) is 4.79 Å². The minimum atomic E-state index is -0.988. The summed E-state index contributed by atoms with van der Waals surface area (Å²) in [5.41, 5.74) is 0.722. The molecule has 19 heavy (non-hydrogen) atoms. The Morgan fingerprint density at radius 1 is 1.47 bits per heavy atom. The van der Waals surface area contributed by atoms with Crippen LogP contribution >= 0.6 is 11.3 Å². The second-order valence-corrected chi connectivity index (χ2v) is 4.77. The van der Waals surface area contributed by atoms with Crippen LogP contribution in [0, 0.1) is 6.92 Å². The topological polar surface area (TPSA) is 72.4 Å². The van der Waals surface area contributed by atoms with Crippen LogP contribution in [0.5, 0.6) is 0 Å². The molecule has 0 fully saturated rings. The van der Waals surface area contributed by atoms with Gasteiger partial charge in [0.2, 0.25) is 0 Å². The molecule has 96 valence electrons. The van der Waals surface area contributed by atoms with Crippen molar-refractivity contribution in [2.45, 2.75) is 6.92 Å². The van der Waals surface area contributed by atoms with Gasteiger partial charge in [-0.2, -0.15) is 0 Å². The highest BCUT2D eigenvalue weighted by atomic mass is 32.1. The number of aryl methyl sites for hydroxylation is 1. The van der Waals surface area contributed by atoms with E-state index in [2.05, 4.69) is 9.97 Å². The fraction of sp³-hybridized carbons (Fsp3) is 0.0833. The standard InChI is InChI=1S/C12H10N4O2S/c1-8-13-4-5-15(8)11-9(2-3-10(17)18)16-6-7-19-12(16)14-11/h2-7H,1H3,(H,17,18)/b3-2+. The molecular formula is C12H10N4O2S. The summed E-state index contributed by atoms with van der Waals surface area (Å²) in [5.74, 6) is 0.494. The van der Waals surface area contributed by atoms with Gasteiger partial charge in [-0.05, 0) is 13.0 Å². The molecule has 7 heteroatoms. The molecule has 0 radical (unpaired) electrons. The molecular weight excluding hydrogens is 264 g/mol. The summed E-state index contributed by atoms with van der Waals surface area (Å²) in [7, 11) is 0. The molecule has 0 aliphatic heterocycles. The largest absolute Gasteiger partial charge is 0.478 e. The van der Waals surface area contributed by atoms with Crippen molar-refractivity contribution in [2.24, 2.45) is 0 Å². The highest BCUT2D eigenvalue weighted by molar-refractivity contribution is 7.15. The zero-order valence-corrected chi connectivity index (χ0v) is 10.8. The van der Waals surface area contributed by atoms with Gasteiger partial charge in [0.25, 0.3) is 0 Å². The number of carboxylic acid groups (broad SMARTS) is 1. The molecule has 3 aromatic heterocycles. The van der Waals surface area contributed by atoms with E-state index in [0.29, 0.717) is 5.82 Å². The molecule has 3 heterocycles. The summed E-state index contributed by atoms with van der Waals surface area (Å²) >= 11 is 1.50. The van der Waals surface area contributed by atoms with Crippen molar-refractivity contribution in [3.05, 3.63) is 41.6 Å². The maximum absolute atomic E-state index is 10.7. The first-order valence-electron chi connectivity index (χ1n) is 5.53. The van der Waals surface area contributed by atoms with Crippen molar-refractivity contribution in [3.63, 3.8) is 0 Å². The number of thiazole rings is 1. The van der Waals surface area contributed by atoms with Crippen LogP contribution < -0.4 is 0 Å². The lowest BCUT2D eigenvalue weighted by Gasteiger charge is -2.02. The Hall–Kier alpha value is -2.41. The number of aliphatic carboxylic acids is 1. The second kappa shape index (κ2) is 4.36. The van der Waals surface area contributed by atoms with Gasteiger partial charge in [0, 0.05) is 30.0 Å². The third-order valence-electron chi connectivity index (χ3n) is 2.72. The molecule has 0 atom stereocenters. The van der Waals surface area contributed by atoms with Crippen LogP contribution in [0.4, 0.5) is 0 Å². The molecule has 0 saturated heterocycles. The molecule has 0 bridgehead atoms. The minimum absolute atomic E-state index is 0.680. The molecule has 0 spiro atoms. The lowest BCUT2D eigenvalue weighted by atomic mass is 10.3. The van der Waals surface area contributed by atoms with Gasteiger partial charge in [-0.25, -0.2) is 14.8 Å². The average molecular weight is 274 g/mol. The normalized spacial score (nSPS) is 11.6. The molecule has 0 saturated carbocycles. The molecule has 1 N–H and O–H groups in total. The first-order chi connectivity index (χ1) is 9.16. The molecule has 0 aliphatic rings. The molecule has 3 rings (SSSR count). The van der Waals surface area contributed by atoms with Crippen molar-refractivity contribution in [3.8, 4) is 5.82 Å². The predicted octanol–water partition coefficient (Wildman–Crippen LogP) is 1.99. The third-order valence-corrected chi connectivity index (χ3v) is 3.47. The number of nitrogens with zero attached hydrogens (tertiary/aromatic N) is 4. The van der Waals surface area contributed by atoms with Gasteiger partial charge in [0.05, 0.1) is 5.69 Å². The van der Waals surface area contributed by atoms with E-state index in [9.17, 15) is 4.79 Å². The SMILES string of the molecule is Cc1nccn1-c1nc2sccn2c1/C=C/C(=O)O. The molecule has 0 amide bonds. The molecule has 3 aromatic rings. The number of hydrogen-bond acceptors (Lipinski definition) is 4. The second-order valence-electron chi connectivity index (χ2n) is 3.89. The predicted molar refractivity (Wildman–Crippen MR) is 71.6 cm³/mol. The average Bonchev–Trinajstić information content (AvgIpc) is 3.01. The van der Waals surface area contributed by atoms with Crippen LogP contribution in [0.25, 0.3) is 16.9 Å². The van der Waals surface area contributed by atoms with E-state index < -0.39 is 5.97 Å². The van der Waals surface area contributed by atoms with Crippen molar-refractivity contribution in [1.29, 1.82) is 0 Å². The number of rotatable bonds is 3. The first-order valence-corrected chi connectivity index (χ1v) is 6.41. The van der Waals surface area contributed by atoms with Crippen molar-refractivity contribution < 1.29 is 9.90 Å². The van der Waals surface area contributed by atoms with E-state index in [0.717, 1.165) is 22.6 Å².